The molecule has 4 heterocycles. The lowest BCUT2D eigenvalue weighted by Crippen LogP contribution is -2.61. The number of benzene rings is 1. The smallest absolute Gasteiger partial charge is 0.483 e. The van der Waals surface area contributed by atoms with E-state index in [-0.39, 0.29) is 36.2 Å². The van der Waals surface area contributed by atoms with Gasteiger partial charge in [-0.1, -0.05) is 6.08 Å². The van der Waals surface area contributed by atoms with Gasteiger partial charge in [0.25, 0.3) is 5.91 Å². The second-order valence-corrected chi connectivity index (χ2v) is 9.94. The zero-order valence-corrected chi connectivity index (χ0v) is 19.4. The number of aryl methyl sites for hydroxylation is 1. The predicted octanol–water partition coefficient (Wildman–Crippen LogP) is 3.01. The van der Waals surface area contributed by atoms with Crippen LogP contribution >= 0.6 is 0 Å². The monoisotopic (exact) mass is 506 g/mol. The highest BCUT2D eigenvalue weighted by Gasteiger charge is 2.74. The molecule has 3 atom stereocenters. The molecule has 2 aromatic rings. The highest BCUT2D eigenvalue weighted by Crippen LogP contribution is 2.68. The molecule has 8 nitrogen and oxygen atoms in total. The van der Waals surface area contributed by atoms with E-state index >= 15 is 0 Å². The standard InChI is InChI=1S/C24H22F4N4O4/c1-13-9-31(12-29-13)17-3-4-18-20(33)30(5-6-32(18)21(17)34)11-23-10-22(23,2)36-19-15(23)7-14(8-16(19)25)35-24(26,27)28/h3,7-9,12,18H,4-6,10-11H2,1-2H3. The number of carbonyl (C=O) groups is 2. The van der Waals surface area contributed by atoms with E-state index in [1.165, 1.54) is 0 Å². The molecule has 1 aromatic heterocycles. The minimum absolute atomic E-state index is 0.111. The largest absolute Gasteiger partial charge is 0.573 e. The van der Waals surface area contributed by atoms with Crippen LogP contribution in [-0.2, 0) is 15.0 Å². The van der Waals surface area contributed by atoms with Gasteiger partial charge >= 0.3 is 6.36 Å². The molecule has 6 rings (SSSR count). The molecule has 0 bridgehead atoms. The van der Waals surface area contributed by atoms with Crippen molar-refractivity contribution in [3.05, 3.63) is 47.8 Å². The van der Waals surface area contributed by atoms with Crippen LogP contribution in [0.3, 0.4) is 0 Å². The van der Waals surface area contributed by atoms with Gasteiger partial charge in [0.15, 0.2) is 11.6 Å². The van der Waals surface area contributed by atoms with Gasteiger partial charge in [0.05, 0.1) is 17.4 Å². The predicted molar refractivity (Wildman–Crippen MR) is 116 cm³/mol. The van der Waals surface area contributed by atoms with E-state index in [4.69, 9.17) is 4.74 Å². The van der Waals surface area contributed by atoms with E-state index < -0.39 is 35.0 Å². The van der Waals surface area contributed by atoms with Gasteiger partial charge in [0, 0.05) is 43.9 Å². The SMILES string of the molecule is Cc1cn(C2=CCC3C(=O)N(CC45CC4(C)Oc4c(F)cc(OC(F)(F)F)cc45)CCN3C2=O)cn1. The second-order valence-electron chi connectivity index (χ2n) is 9.94. The van der Waals surface area contributed by atoms with Crippen molar-refractivity contribution in [3.63, 3.8) is 0 Å². The number of alkyl halides is 3. The van der Waals surface area contributed by atoms with Gasteiger partial charge in [-0.05, 0) is 26.3 Å². The Hall–Kier alpha value is -3.57. The Bertz CT molecular complexity index is 1340. The van der Waals surface area contributed by atoms with Gasteiger partial charge in [-0.3, -0.25) is 9.59 Å². The van der Waals surface area contributed by atoms with Crippen LogP contribution in [0.1, 0.15) is 31.0 Å². The number of nitrogens with zero attached hydrogens (tertiary/aromatic N) is 4. The Balaban J connectivity index is 1.26. The number of rotatable bonds is 4. The summed E-state index contributed by atoms with van der Waals surface area (Å²) in [6.45, 7) is 4.25. The van der Waals surface area contributed by atoms with Gasteiger partial charge in [0.2, 0.25) is 5.91 Å². The van der Waals surface area contributed by atoms with Crippen molar-refractivity contribution >= 4 is 17.5 Å². The third-order valence-corrected chi connectivity index (χ3v) is 7.67. The molecule has 2 fully saturated rings. The number of fused-ring (bicyclic) bond motifs is 4. The maximum atomic E-state index is 14.6. The first-order valence-electron chi connectivity index (χ1n) is 11.5. The Kier molecular flexibility index (Phi) is 4.59. The summed E-state index contributed by atoms with van der Waals surface area (Å²) < 4.78 is 64.4. The van der Waals surface area contributed by atoms with Crippen LogP contribution < -0.4 is 9.47 Å². The van der Waals surface area contributed by atoms with Crippen molar-refractivity contribution in [2.75, 3.05) is 19.6 Å². The van der Waals surface area contributed by atoms with Crippen LogP contribution in [0, 0.1) is 12.7 Å². The second kappa shape index (κ2) is 7.23. The van der Waals surface area contributed by atoms with Crippen LogP contribution in [0.5, 0.6) is 11.5 Å². The van der Waals surface area contributed by atoms with Crippen LogP contribution in [-0.4, -0.2) is 68.8 Å². The fourth-order valence-corrected chi connectivity index (χ4v) is 5.82. The van der Waals surface area contributed by atoms with Crippen molar-refractivity contribution < 1.29 is 36.6 Å². The number of halogens is 4. The van der Waals surface area contributed by atoms with Gasteiger partial charge in [0.1, 0.15) is 23.1 Å². The number of imidazole rings is 1. The molecule has 4 aliphatic rings. The lowest BCUT2D eigenvalue weighted by molar-refractivity contribution is -0.274. The average molecular weight is 506 g/mol. The number of carbonyl (C=O) groups excluding carboxylic acids is 2. The summed E-state index contributed by atoms with van der Waals surface area (Å²) in [6, 6.07) is 1.12. The third-order valence-electron chi connectivity index (χ3n) is 7.67. The van der Waals surface area contributed by atoms with E-state index in [1.54, 1.807) is 39.9 Å². The van der Waals surface area contributed by atoms with Crippen LogP contribution in [0.25, 0.3) is 5.70 Å². The van der Waals surface area contributed by atoms with E-state index in [2.05, 4.69) is 9.72 Å². The maximum Gasteiger partial charge on any atom is 0.573 e. The number of piperazine rings is 1. The topological polar surface area (TPSA) is 76.9 Å². The Morgan fingerprint density at radius 2 is 2.03 bits per heavy atom. The Morgan fingerprint density at radius 3 is 2.72 bits per heavy atom. The normalized spacial score (nSPS) is 28.8. The third kappa shape index (κ3) is 3.30. The van der Waals surface area contributed by atoms with Gasteiger partial charge < -0.3 is 23.8 Å². The van der Waals surface area contributed by atoms with Gasteiger partial charge in [-0.2, -0.15) is 0 Å². The first-order chi connectivity index (χ1) is 16.9. The first kappa shape index (κ1) is 22.9. The summed E-state index contributed by atoms with van der Waals surface area (Å²) in [6.07, 6.45) is 0.782. The summed E-state index contributed by atoms with van der Waals surface area (Å²) in [4.78, 5) is 33.8. The number of amides is 2. The molecule has 3 unspecified atom stereocenters. The van der Waals surface area contributed by atoms with Gasteiger partial charge in [-0.25, -0.2) is 9.37 Å². The van der Waals surface area contributed by atoms with E-state index in [0.29, 0.717) is 31.1 Å². The summed E-state index contributed by atoms with van der Waals surface area (Å²) in [5.74, 6) is -2.25. The number of ether oxygens (including phenoxy) is 2. The highest BCUT2D eigenvalue weighted by atomic mass is 19.4. The molecule has 190 valence electrons. The molecule has 1 aromatic carbocycles. The number of hydrogen-bond donors (Lipinski definition) is 0. The minimum Gasteiger partial charge on any atom is -0.483 e. The molecule has 3 aliphatic heterocycles. The summed E-state index contributed by atoms with van der Waals surface area (Å²) in [7, 11) is 0. The summed E-state index contributed by atoms with van der Waals surface area (Å²) in [5, 5.41) is 0. The summed E-state index contributed by atoms with van der Waals surface area (Å²) in [5.41, 5.74) is -0.249. The zero-order valence-electron chi connectivity index (χ0n) is 19.4. The first-order valence-corrected chi connectivity index (χ1v) is 11.5. The van der Waals surface area contributed by atoms with Crippen molar-refractivity contribution in [2.45, 2.75) is 50.1 Å². The fourth-order valence-electron chi connectivity index (χ4n) is 5.82. The molecule has 1 saturated heterocycles. The van der Waals surface area contributed by atoms with Gasteiger partial charge in [-0.15, -0.1) is 13.2 Å². The number of aromatic nitrogens is 2. The lowest BCUT2D eigenvalue weighted by Gasteiger charge is -2.43. The van der Waals surface area contributed by atoms with Crippen LogP contribution in [0.15, 0.2) is 30.7 Å². The molecule has 1 saturated carbocycles. The quantitative estimate of drug-likeness (QED) is 0.596. The molecule has 2 amide bonds. The molecule has 1 aliphatic carbocycles. The molecular formula is C24H22F4N4O4. The lowest BCUT2D eigenvalue weighted by atomic mass is 9.91. The van der Waals surface area contributed by atoms with Crippen molar-refractivity contribution in [3.8, 4) is 11.5 Å². The van der Waals surface area contributed by atoms with E-state index in [0.717, 1.165) is 11.8 Å². The van der Waals surface area contributed by atoms with E-state index in [9.17, 15) is 27.2 Å². The fraction of sp³-hybridized carbons (Fsp3) is 0.458. The molecular weight excluding hydrogens is 484 g/mol. The summed E-state index contributed by atoms with van der Waals surface area (Å²) >= 11 is 0. The number of hydrogen-bond acceptors (Lipinski definition) is 5. The van der Waals surface area contributed by atoms with Crippen molar-refractivity contribution in [2.24, 2.45) is 0 Å². The van der Waals surface area contributed by atoms with Crippen molar-refractivity contribution in [1.82, 2.24) is 19.4 Å². The Labute approximate surface area is 203 Å². The molecule has 12 heteroatoms. The Morgan fingerprint density at radius 1 is 1.25 bits per heavy atom. The minimum atomic E-state index is -4.97. The van der Waals surface area contributed by atoms with Crippen molar-refractivity contribution in [1.29, 1.82) is 0 Å². The van der Waals surface area contributed by atoms with Crippen LogP contribution in [0.4, 0.5) is 17.6 Å². The zero-order chi connectivity index (χ0) is 25.6. The molecule has 0 radical (unpaired) electrons. The average Bonchev–Trinajstić information content (AvgIpc) is 3.03. The highest BCUT2D eigenvalue weighted by molar-refractivity contribution is 6.16. The van der Waals surface area contributed by atoms with Crippen LogP contribution in [0.2, 0.25) is 0 Å². The molecule has 0 spiro atoms. The van der Waals surface area contributed by atoms with E-state index in [1.807, 2.05) is 6.92 Å². The molecule has 0 N–H and O–H groups in total. The molecule has 36 heavy (non-hydrogen) atoms. The maximum absolute atomic E-state index is 14.6.